The number of aromatic amines is 1. The van der Waals surface area contributed by atoms with E-state index >= 15 is 0 Å². The molecule has 1 aliphatic carbocycles. The maximum Gasteiger partial charge on any atom is 0.411 e. The number of nitrogens with zero attached hydrogens (tertiary/aromatic N) is 2. The Bertz CT molecular complexity index is 1210. The zero-order chi connectivity index (χ0) is 25.3. The van der Waals surface area contributed by atoms with Crippen molar-refractivity contribution in [3.05, 3.63) is 58.3 Å². The van der Waals surface area contributed by atoms with E-state index in [4.69, 9.17) is 4.74 Å². The average Bonchev–Trinajstić information content (AvgIpc) is 3.41. The maximum atomic E-state index is 14.9. The number of carbonyl (C=O) groups is 2. The Labute approximate surface area is 203 Å². The van der Waals surface area contributed by atoms with E-state index in [0.29, 0.717) is 16.7 Å². The molecule has 2 aromatic rings. The van der Waals surface area contributed by atoms with E-state index in [2.05, 4.69) is 11.1 Å². The molecule has 0 spiro atoms. The van der Waals surface area contributed by atoms with Gasteiger partial charge in [-0.2, -0.15) is 5.26 Å². The van der Waals surface area contributed by atoms with Crippen molar-refractivity contribution in [3.63, 3.8) is 0 Å². The summed E-state index contributed by atoms with van der Waals surface area (Å²) in [5.41, 5.74) is 0.700. The number of likely N-dealkylation sites (tertiary alicyclic amines) is 1. The second-order valence-corrected chi connectivity index (χ2v) is 10.5. The van der Waals surface area contributed by atoms with Crippen molar-refractivity contribution in [1.29, 1.82) is 5.26 Å². The molecular formula is C27H30FN3O4. The van der Waals surface area contributed by atoms with Crippen LogP contribution < -0.4 is 5.56 Å². The van der Waals surface area contributed by atoms with Crippen LogP contribution in [-0.2, 0) is 16.0 Å². The number of carbonyl (C=O) groups excluding carboxylic acids is 2. The summed E-state index contributed by atoms with van der Waals surface area (Å²) < 4.78 is 20.4. The van der Waals surface area contributed by atoms with Gasteiger partial charge in [-0.15, -0.1) is 0 Å². The number of hydrogen-bond donors (Lipinski definition) is 1. The second-order valence-electron chi connectivity index (χ2n) is 10.5. The van der Waals surface area contributed by atoms with E-state index in [1.165, 1.54) is 18.3 Å². The lowest BCUT2D eigenvalue weighted by Crippen LogP contribution is -2.51. The molecule has 2 heterocycles. The van der Waals surface area contributed by atoms with Crippen LogP contribution in [0.3, 0.4) is 0 Å². The summed E-state index contributed by atoms with van der Waals surface area (Å²) in [4.78, 5) is 41.5. The number of piperidine rings is 1. The van der Waals surface area contributed by atoms with Gasteiger partial charge in [-0.1, -0.05) is 12.1 Å². The molecule has 1 saturated heterocycles. The number of H-pyrrole nitrogens is 1. The average molecular weight is 480 g/mol. The number of fused-ring (bicyclic) bond motifs is 2. The van der Waals surface area contributed by atoms with Crippen LogP contribution in [0.15, 0.2) is 41.3 Å². The summed E-state index contributed by atoms with van der Waals surface area (Å²) in [7, 11) is 0. The van der Waals surface area contributed by atoms with Crippen LogP contribution in [0, 0.1) is 29.0 Å². The van der Waals surface area contributed by atoms with Crippen molar-refractivity contribution in [2.24, 2.45) is 11.8 Å². The number of ether oxygens (including phenoxy) is 1. The van der Waals surface area contributed by atoms with Crippen molar-refractivity contribution in [2.75, 3.05) is 0 Å². The Morgan fingerprint density at radius 2 is 1.97 bits per heavy atom. The van der Waals surface area contributed by atoms with Crippen molar-refractivity contribution in [3.8, 4) is 17.2 Å². The SMILES string of the molecule is CC(C)(C)OC(=O)N1[C@@H]2CC[C@@H](C2)[C@H]1C(=O)C[C@H](C#N)Cc1ccc(-c2ccc(=O)[nH]c2)cc1F. The van der Waals surface area contributed by atoms with Crippen LogP contribution >= 0.6 is 0 Å². The third kappa shape index (κ3) is 5.45. The number of hydrogen-bond acceptors (Lipinski definition) is 5. The minimum Gasteiger partial charge on any atom is -0.444 e. The molecule has 1 aromatic carbocycles. The summed E-state index contributed by atoms with van der Waals surface area (Å²) >= 11 is 0. The minimum atomic E-state index is -0.712. The molecule has 1 aromatic heterocycles. The fourth-order valence-electron chi connectivity index (χ4n) is 5.26. The Morgan fingerprint density at radius 3 is 2.60 bits per heavy atom. The highest BCUT2D eigenvalue weighted by molar-refractivity contribution is 5.89. The number of aromatic nitrogens is 1. The van der Waals surface area contributed by atoms with Gasteiger partial charge in [0.1, 0.15) is 11.4 Å². The van der Waals surface area contributed by atoms with Gasteiger partial charge >= 0.3 is 6.09 Å². The summed E-state index contributed by atoms with van der Waals surface area (Å²) in [6, 6.07) is 9.21. The third-order valence-electron chi connectivity index (χ3n) is 6.79. The van der Waals surface area contributed by atoms with Crippen LogP contribution in [0.1, 0.15) is 52.0 Å². The zero-order valence-corrected chi connectivity index (χ0v) is 20.2. The van der Waals surface area contributed by atoms with E-state index in [1.54, 1.807) is 43.9 Å². The van der Waals surface area contributed by atoms with Crippen LogP contribution in [0.5, 0.6) is 0 Å². The molecule has 0 radical (unpaired) electrons. The number of ketones is 1. The molecule has 0 unspecified atom stereocenters. The highest BCUT2D eigenvalue weighted by Gasteiger charge is 2.52. The number of pyridine rings is 1. The van der Waals surface area contributed by atoms with Gasteiger partial charge in [0.25, 0.3) is 0 Å². The Balaban J connectivity index is 1.46. The Morgan fingerprint density at radius 1 is 1.23 bits per heavy atom. The first-order valence-electron chi connectivity index (χ1n) is 12.0. The highest BCUT2D eigenvalue weighted by Crippen LogP contribution is 2.44. The summed E-state index contributed by atoms with van der Waals surface area (Å²) in [5, 5.41) is 9.72. The molecule has 184 valence electrons. The first-order valence-corrected chi connectivity index (χ1v) is 12.0. The lowest BCUT2D eigenvalue weighted by Gasteiger charge is -2.35. The molecule has 2 fully saturated rings. The standard InChI is InChI=1S/C27H30FN3O4/c1-27(2,3)35-26(34)31-21-8-6-19(12-21)25(31)23(32)11-16(14-29)10-18-5-4-17(13-22(18)28)20-7-9-24(33)30-15-20/h4-5,7,9,13,15-16,19,21,25H,6,8,10-12H2,1-3H3,(H,30,33)/t16-,19+,21-,25+/m1/s1. The molecular weight excluding hydrogens is 449 g/mol. The Hall–Kier alpha value is -3.47. The molecule has 1 N–H and O–H groups in total. The molecule has 1 amide bonds. The predicted molar refractivity (Wildman–Crippen MR) is 128 cm³/mol. The largest absolute Gasteiger partial charge is 0.444 e. The molecule has 35 heavy (non-hydrogen) atoms. The number of rotatable bonds is 6. The van der Waals surface area contributed by atoms with Crippen LogP contribution in [0.4, 0.5) is 9.18 Å². The van der Waals surface area contributed by atoms with Gasteiger partial charge in [-0.3, -0.25) is 14.5 Å². The van der Waals surface area contributed by atoms with Gasteiger partial charge in [-0.05, 0) is 81.2 Å². The van der Waals surface area contributed by atoms with Gasteiger partial charge in [-0.25, -0.2) is 9.18 Å². The van der Waals surface area contributed by atoms with Gasteiger partial charge < -0.3 is 9.72 Å². The van der Waals surface area contributed by atoms with Gasteiger partial charge in [0.05, 0.1) is 18.0 Å². The van der Waals surface area contributed by atoms with E-state index in [-0.39, 0.29) is 36.1 Å². The lowest BCUT2D eigenvalue weighted by molar-refractivity contribution is -0.126. The second kappa shape index (κ2) is 9.65. The fourth-order valence-corrected chi connectivity index (χ4v) is 5.26. The summed E-state index contributed by atoms with van der Waals surface area (Å²) in [5.74, 6) is -1.28. The van der Waals surface area contributed by atoms with Gasteiger partial charge in [0, 0.05) is 24.7 Å². The summed E-state index contributed by atoms with van der Waals surface area (Å²) in [6.45, 7) is 5.37. The molecule has 2 aliphatic rings. The molecule has 7 nitrogen and oxygen atoms in total. The normalized spacial score (nSPS) is 22.0. The number of Topliss-reactive ketones (excluding diaryl/α,β-unsaturated/α-hetero) is 1. The van der Waals surface area contributed by atoms with E-state index in [9.17, 15) is 24.0 Å². The van der Waals surface area contributed by atoms with E-state index in [1.807, 2.05) is 0 Å². The molecule has 8 heteroatoms. The zero-order valence-electron chi connectivity index (χ0n) is 20.2. The van der Waals surface area contributed by atoms with E-state index in [0.717, 1.165) is 19.3 Å². The number of nitrogens with one attached hydrogen (secondary N) is 1. The number of nitriles is 1. The van der Waals surface area contributed by atoms with Crippen LogP contribution in [0.25, 0.3) is 11.1 Å². The maximum absolute atomic E-state index is 14.9. The van der Waals surface area contributed by atoms with Crippen LogP contribution in [-0.4, -0.2) is 39.4 Å². The first kappa shape index (κ1) is 24.6. The van der Waals surface area contributed by atoms with Crippen LogP contribution in [0.2, 0.25) is 0 Å². The highest BCUT2D eigenvalue weighted by atomic mass is 19.1. The van der Waals surface area contributed by atoms with Gasteiger partial charge in [0.15, 0.2) is 5.78 Å². The summed E-state index contributed by atoms with van der Waals surface area (Å²) in [6.07, 6.45) is 3.56. The monoisotopic (exact) mass is 479 g/mol. The fraction of sp³-hybridized carbons (Fsp3) is 0.481. The third-order valence-corrected chi connectivity index (χ3v) is 6.79. The quantitative estimate of drug-likeness (QED) is 0.652. The molecule has 4 atom stereocenters. The number of halogens is 1. The topological polar surface area (TPSA) is 103 Å². The molecule has 1 aliphatic heterocycles. The smallest absolute Gasteiger partial charge is 0.411 e. The minimum absolute atomic E-state index is 0.0118. The number of benzene rings is 1. The Kier molecular flexibility index (Phi) is 6.79. The number of amides is 1. The first-order chi connectivity index (χ1) is 16.6. The lowest BCUT2D eigenvalue weighted by atomic mass is 9.87. The van der Waals surface area contributed by atoms with E-state index < -0.39 is 29.5 Å². The predicted octanol–water partition coefficient (Wildman–Crippen LogP) is 4.61. The molecule has 2 bridgehead atoms. The van der Waals surface area contributed by atoms with Crippen molar-refractivity contribution in [2.45, 2.75) is 70.6 Å². The van der Waals surface area contributed by atoms with Crippen molar-refractivity contribution < 1.29 is 18.7 Å². The molecule has 4 rings (SSSR count). The molecule has 1 saturated carbocycles. The van der Waals surface area contributed by atoms with Crippen molar-refractivity contribution in [1.82, 2.24) is 9.88 Å². The van der Waals surface area contributed by atoms with Gasteiger partial charge in [0.2, 0.25) is 5.56 Å². The van der Waals surface area contributed by atoms with Crippen molar-refractivity contribution >= 4 is 11.9 Å².